The molecule has 2 aliphatic heterocycles. The first-order chi connectivity index (χ1) is 16.1. The van der Waals surface area contributed by atoms with Crippen LogP contribution in [-0.2, 0) is 11.3 Å². The number of aliphatic hydroxyl groups excluding tert-OH is 1. The topological polar surface area (TPSA) is 111 Å². The molecule has 9 nitrogen and oxygen atoms in total. The van der Waals surface area contributed by atoms with Crippen molar-refractivity contribution in [1.82, 2.24) is 20.7 Å². The maximum Gasteiger partial charge on any atom is 0.253 e. The molecule has 0 saturated carbocycles. The van der Waals surface area contributed by atoms with E-state index >= 15 is 0 Å². The standard InChI is InChI=1S/C23H22N6O3S/c1-14(11-30)25-22(31)15-6-7-17(24-10-15)12-32-23-19-5-3-2-4-18(19)21-27-26-20(29(21)28-23)16-8-9-33-13-16/h2-10,13-14,20,26,30H,11-12H2,1H3,(H,25,31)/t14-,20?/m1/s1. The lowest BCUT2D eigenvalue weighted by Crippen LogP contribution is -2.35. The summed E-state index contributed by atoms with van der Waals surface area (Å²) in [6.45, 7) is 1.80. The smallest absolute Gasteiger partial charge is 0.253 e. The number of nitrogens with one attached hydrogen (secondary N) is 2. The average molecular weight is 463 g/mol. The zero-order chi connectivity index (χ0) is 22.8. The number of carbonyl (C=O) groups excluding carboxylic acids is 1. The molecular formula is C23H22N6O3S. The van der Waals surface area contributed by atoms with Crippen molar-refractivity contribution in [3.05, 3.63) is 87.4 Å². The number of ether oxygens (including phenoxy) is 1. The summed E-state index contributed by atoms with van der Waals surface area (Å²) in [4.78, 5) is 16.5. The highest BCUT2D eigenvalue weighted by Gasteiger charge is 2.36. The molecule has 2 aromatic heterocycles. The van der Waals surface area contributed by atoms with Crippen molar-refractivity contribution in [2.45, 2.75) is 25.7 Å². The molecule has 0 saturated heterocycles. The Hall–Kier alpha value is -3.76. The number of nitrogens with zero attached hydrogens (tertiary/aromatic N) is 4. The number of pyridine rings is 1. The van der Waals surface area contributed by atoms with Crippen LogP contribution in [0.25, 0.3) is 0 Å². The van der Waals surface area contributed by atoms with E-state index in [0.717, 1.165) is 22.5 Å². The summed E-state index contributed by atoms with van der Waals surface area (Å²) in [5.41, 5.74) is 7.11. The quantitative estimate of drug-likeness (QED) is 0.519. The molecule has 0 aliphatic carbocycles. The van der Waals surface area contributed by atoms with Crippen LogP contribution >= 0.6 is 11.3 Å². The molecule has 0 fully saturated rings. The lowest BCUT2D eigenvalue weighted by atomic mass is 10.0. The number of hydrogen-bond donors (Lipinski definition) is 3. The Morgan fingerprint density at radius 3 is 2.85 bits per heavy atom. The van der Waals surface area contributed by atoms with Crippen LogP contribution in [-0.4, -0.2) is 45.4 Å². The minimum atomic E-state index is -0.323. The van der Waals surface area contributed by atoms with Crippen LogP contribution in [0.3, 0.4) is 0 Å². The van der Waals surface area contributed by atoms with E-state index in [9.17, 15) is 4.79 Å². The van der Waals surface area contributed by atoms with Gasteiger partial charge >= 0.3 is 0 Å². The van der Waals surface area contributed by atoms with Crippen LogP contribution < -0.4 is 10.7 Å². The third-order valence-electron chi connectivity index (χ3n) is 5.31. The normalized spacial score (nSPS) is 17.3. The van der Waals surface area contributed by atoms with Gasteiger partial charge in [0.15, 0.2) is 12.0 Å². The predicted molar refractivity (Wildman–Crippen MR) is 125 cm³/mol. The maximum atomic E-state index is 12.2. The van der Waals surface area contributed by atoms with Gasteiger partial charge in [-0.05, 0) is 41.9 Å². The average Bonchev–Trinajstić information content (AvgIpc) is 3.52. The highest BCUT2D eigenvalue weighted by Crippen LogP contribution is 2.32. The molecule has 4 heterocycles. The van der Waals surface area contributed by atoms with E-state index in [0.29, 0.717) is 17.2 Å². The van der Waals surface area contributed by atoms with Gasteiger partial charge in [-0.25, -0.2) is 5.01 Å². The van der Waals surface area contributed by atoms with E-state index < -0.39 is 0 Å². The van der Waals surface area contributed by atoms with Crippen LogP contribution in [0.15, 0.2) is 69.6 Å². The zero-order valence-electron chi connectivity index (χ0n) is 17.8. The molecule has 168 valence electrons. The van der Waals surface area contributed by atoms with Gasteiger partial charge in [-0.15, -0.1) is 5.10 Å². The molecule has 33 heavy (non-hydrogen) atoms. The van der Waals surface area contributed by atoms with Crippen LogP contribution in [0.4, 0.5) is 0 Å². The fraction of sp³-hybridized carbons (Fsp3) is 0.217. The van der Waals surface area contributed by atoms with Gasteiger partial charge in [-0.2, -0.15) is 16.4 Å². The van der Waals surface area contributed by atoms with Crippen LogP contribution in [0.1, 0.15) is 45.8 Å². The Morgan fingerprint density at radius 1 is 1.27 bits per heavy atom. The molecular weight excluding hydrogens is 440 g/mol. The Morgan fingerprint density at radius 2 is 2.12 bits per heavy atom. The van der Waals surface area contributed by atoms with Gasteiger partial charge in [0.05, 0.1) is 17.9 Å². The Labute approximate surface area is 194 Å². The third-order valence-corrected chi connectivity index (χ3v) is 6.01. The van der Waals surface area contributed by atoms with E-state index in [1.54, 1.807) is 30.4 Å². The van der Waals surface area contributed by atoms with Crippen molar-refractivity contribution in [1.29, 1.82) is 0 Å². The highest BCUT2D eigenvalue weighted by molar-refractivity contribution is 7.08. The van der Waals surface area contributed by atoms with Crippen LogP contribution in [0, 0.1) is 0 Å². The molecule has 5 rings (SSSR count). The number of aromatic nitrogens is 1. The number of hydrazone groups is 2. The number of carbonyl (C=O) groups is 1. The van der Waals surface area contributed by atoms with Gasteiger partial charge in [0.1, 0.15) is 6.61 Å². The summed E-state index contributed by atoms with van der Waals surface area (Å²) in [5, 5.41) is 27.0. The number of rotatable bonds is 6. The number of amides is 1. The molecule has 1 unspecified atom stereocenters. The van der Waals surface area contributed by atoms with Gasteiger partial charge in [0, 0.05) is 28.9 Å². The number of benzene rings is 1. The molecule has 2 aliphatic rings. The van der Waals surface area contributed by atoms with Crippen molar-refractivity contribution < 1.29 is 14.6 Å². The van der Waals surface area contributed by atoms with Crippen LogP contribution in [0.5, 0.6) is 0 Å². The summed E-state index contributed by atoms with van der Waals surface area (Å²) >= 11 is 1.62. The second-order valence-electron chi connectivity index (χ2n) is 7.70. The van der Waals surface area contributed by atoms with E-state index in [4.69, 9.17) is 14.9 Å². The van der Waals surface area contributed by atoms with Gasteiger partial charge < -0.3 is 15.2 Å². The summed E-state index contributed by atoms with van der Waals surface area (Å²) in [7, 11) is 0. The Kier molecular flexibility index (Phi) is 5.76. The van der Waals surface area contributed by atoms with Crippen molar-refractivity contribution in [2.24, 2.45) is 10.2 Å². The van der Waals surface area contributed by atoms with Gasteiger partial charge in [0.25, 0.3) is 5.91 Å². The molecule has 3 N–H and O–H groups in total. The third kappa shape index (κ3) is 4.18. The Balaban J connectivity index is 1.34. The minimum absolute atomic E-state index is 0.124. The van der Waals surface area contributed by atoms with Crippen molar-refractivity contribution in [3.63, 3.8) is 0 Å². The van der Waals surface area contributed by atoms with E-state index in [2.05, 4.69) is 26.2 Å². The van der Waals surface area contributed by atoms with Gasteiger partial charge in [0.2, 0.25) is 5.90 Å². The second kappa shape index (κ2) is 9.00. The molecule has 1 aromatic carbocycles. The number of hydrogen-bond acceptors (Lipinski definition) is 9. The first-order valence-electron chi connectivity index (χ1n) is 10.5. The van der Waals surface area contributed by atoms with Gasteiger partial charge in [-0.1, -0.05) is 18.2 Å². The molecule has 1 amide bonds. The van der Waals surface area contributed by atoms with Gasteiger partial charge in [-0.3, -0.25) is 15.2 Å². The summed E-state index contributed by atoms with van der Waals surface area (Å²) in [6, 6.07) is 13.0. The molecule has 0 bridgehead atoms. The van der Waals surface area contributed by atoms with Crippen molar-refractivity contribution in [3.8, 4) is 0 Å². The number of thiophene rings is 1. The van der Waals surface area contributed by atoms with Crippen LogP contribution in [0.2, 0.25) is 0 Å². The monoisotopic (exact) mass is 462 g/mol. The van der Waals surface area contributed by atoms with E-state index in [1.165, 1.54) is 6.20 Å². The number of aliphatic hydroxyl groups is 1. The maximum absolute atomic E-state index is 12.2. The summed E-state index contributed by atoms with van der Waals surface area (Å²) in [5.74, 6) is 0.948. The molecule has 10 heteroatoms. The SMILES string of the molecule is C[C@H](CO)NC(=O)c1ccc(COC2=NN3C(=NNC3c3ccsc3)c3ccccc32)nc1. The second-order valence-corrected chi connectivity index (χ2v) is 8.48. The largest absolute Gasteiger partial charge is 0.470 e. The Bertz CT molecular complexity index is 1210. The minimum Gasteiger partial charge on any atom is -0.470 e. The fourth-order valence-electron chi connectivity index (χ4n) is 3.55. The first-order valence-corrected chi connectivity index (χ1v) is 11.4. The first kappa shape index (κ1) is 21.1. The fourth-order valence-corrected chi connectivity index (χ4v) is 4.23. The molecule has 3 aromatic rings. The highest BCUT2D eigenvalue weighted by atomic mass is 32.1. The predicted octanol–water partition coefficient (Wildman–Crippen LogP) is 2.41. The molecule has 0 spiro atoms. The van der Waals surface area contributed by atoms with E-state index in [1.807, 2.05) is 40.7 Å². The summed E-state index contributed by atoms with van der Waals surface area (Å²) < 4.78 is 6.08. The number of amidine groups is 1. The zero-order valence-corrected chi connectivity index (χ0v) is 18.6. The van der Waals surface area contributed by atoms with Crippen molar-refractivity contribution >= 4 is 29.0 Å². The lowest BCUT2D eigenvalue weighted by molar-refractivity contribution is 0.0922. The molecule has 0 radical (unpaired) electrons. The lowest BCUT2D eigenvalue weighted by Gasteiger charge is -2.27. The van der Waals surface area contributed by atoms with E-state index in [-0.39, 0.29) is 31.3 Å². The van der Waals surface area contributed by atoms with Crippen molar-refractivity contribution in [2.75, 3.05) is 6.61 Å². The molecule has 2 atom stereocenters. The number of fused-ring (bicyclic) bond motifs is 3. The summed E-state index contributed by atoms with van der Waals surface area (Å²) in [6.07, 6.45) is 1.30.